The Balaban J connectivity index is 2.29. The van der Waals surface area contributed by atoms with Crippen LogP contribution in [0.3, 0.4) is 0 Å². The number of amides is 1. The third-order valence-electron chi connectivity index (χ3n) is 3.50. The number of alkyl halides is 3. The topological polar surface area (TPSA) is 64.3 Å². The second-order valence-corrected chi connectivity index (χ2v) is 5.36. The molecule has 2 aromatic rings. The quantitative estimate of drug-likeness (QED) is 0.829. The number of hydrogen-bond donors (Lipinski definition) is 2. The second kappa shape index (κ2) is 8.13. The van der Waals surface area contributed by atoms with Crippen molar-refractivity contribution >= 4 is 11.6 Å². The van der Waals surface area contributed by atoms with Crippen molar-refractivity contribution in [2.24, 2.45) is 5.73 Å². The van der Waals surface area contributed by atoms with Crippen molar-refractivity contribution in [3.05, 3.63) is 65.2 Å². The molecule has 0 aliphatic rings. The van der Waals surface area contributed by atoms with Crippen LogP contribution >= 0.6 is 0 Å². The number of halogens is 3. The molecule has 0 heterocycles. The Morgan fingerprint density at radius 1 is 1.20 bits per heavy atom. The molecular formula is C18H19F3N2O2. The summed E-state index contributed by atoms with van der Waals surface area (Å²) >= 11 is 0. The van der Waals surface area contributed by atoms with E-state index in [-0.39, 0.29) is 24.4 Å². The van der Waals surface area contributed by atoms with Gasteiger partial charge in [-0.2, -0.15) is 13.2 Å². The SMILES string of the molecule is CCOC(C(=O)Nc1cc(CN)cc(C(F)(F)F)c1)c1ccccc1. The summed E-state index contributed by atoms with van der Waals surface area (Å²) in [4.78, 5) is 12.5. The molecule has 0 saturated carbocycles. The summed E-state index contributed by atoms with van der Waals surface area (Å²) < 4.78 is 44.4. The van der Waals surface area contributed by atoms with E-state index in [1.807, 2.05) is 0 Å². The molecule has 0 aliphatic carbocycles. The molecule has 4 nitrogen and oxygen atoms in total. The molecule has 7 heteroatoms. The van der Waals surface area contributed by atoms with Gasteiger partial charge in [-0.15, -0.1) is 0 Å². The van der Waals surface area contributed by atoms with Crippen LogP contribution in [0.25, 0.3) is 0 Å². The van der Waals surface area contributed by atoms with Crippen molar-refractivity contribution in [2.75, 3.05) is 11.9 Å². The van der Waals surface area contributed by atoms with Crippen LogP contribution in [0.4, 0.5) is 18.9 Å². The van der Waals surface area contributed by atoms with Gasteiger partial charge in [0.25, 0.3) is 5.91 Å². The van der Waals surface area contributed by atoms with Gasteiger partial charge in [0, 0.05) is 18.8 Å². The van der Waals surface area contributed by atoms with Crippen molar-refractivity contribution in [3.63, 3.8) is 0 Å². The Labute approximate surface area is 143 Å². The highest BCUT2D eigenvalue weighted by Crippen LogP contribution is 2.32. The van der Waals surface area contributed by atoms with Gasteiger partial charge in [0.1, 0.15) is 0 Å². The van der Waals surface area contributed by atoms with Gasteiger partial charge in [0.05, 0.1) is 5.56 Å². The summed E-state index contributed by atoms with van der Waals surface area (Å²) in [5.74, 6) is -0.546. The molecule has 0 fully saturated rings. The van der Waals surface area contributed by atoms with Gasteiger partial charge in [-0.3, -0.25) is 4.79 Å². The van der Waals surface area contributed by atoms with E-state index in [0.717, 1.165) is 12.1 Å². The maximum atomic E-state index is 13.0. The molecule has 0 saturated heterocycles. The van der Waals surface area contributed by atoms with Gasteiger partial charge >= 0.3 is 6.18 Å². The Morgan fingerprint density at radius 2 is 1.88 bits per heavy atom. The molecule has 0 aromatic heterocycles. The van der Waals surface area contributed by atoms with Crippen molar-refractivity contribution in [2.45, 2.75) is 25.7 Å². The van der Waals surface area contributed by atoms with Gasteiger partial charge in [0.15, 0.2) is 6.10 Å². The number of nitrogens with two attached hydrogens (primary N) is 1. The van der Waals surface area contributed by atoms with Crippen LogP contribution in [0.15, 0.2) is 48.5 Å². The average molecular weight is 352 g/mol. The van der Waals surface area contributed by atoms with Crippen LogP contribution in [-0.4, -0.2) is 12.5 Å². The summed E-state index contributed by atoms with van der Waals surface area (Å²) in [5, 5.41) is 2.49. The first-order valence-corrected chi connectivity index (χ1v) is 7.73. The van der Waals surface area contributed by atoms with Crippen molar-refractivity contribution in [1.29, 1.82) is 0 Å². The Morgan fingerprint density at radius 3 is 2.44 bits per heavy atom. The summed E-state index contributed by atoms with van der Waals surface area (Å²) in [6.45, 7) is 1.95. The molecule has 0 spiro atoms. The third-order valence-corrected chi connectivity index (χ3v) is 3.50. The lowest BCUT2D eigenvalue weighted by Gasteiger charge is -2.18. The maximum Gasteiger partial charge on any atom is 0.416 e. The lowest BCUT2D eigenvalue weighted by atomic mass is 10.1. The fourth-order valence-corrected chi connectivity index (χ4v) is 2.37. The molecule has 134 valence electrons. The first-order valence-electron chi connectivity index (χ1n) is 7.73. The zero-order chi connectivity index (χ0) is 18.4. The molecule has 1 unspecified atom stereocenters. The Kier molecular flexibility index (Phi) is 6.17. The standard InChI is InChI=1S/C18H19F3N2O2/c1-2-25-16(13-6-4-3-5-7-13)17(24)23-15-9-12(11-22)8-14(10-15)18(19,20)21/h3-10,16H,2,11,22H2,1H3,(H,23,24). The molecule has 1 amide bonds. The van der Waals surface area contributed by atoms with E-state index in [9.17, 15) is 18.0 Å². The Bertz CT molecular complexity index is 718. The highest BCUT2D eigenvalue weighted by atomic mass is 19.4. The van der Waals surface area contributed by atoms with E-state index in [0.29, 0.717) is 5.56 Å². The molecule has 25 heavy (non-hydrogen) atoms. The van der Waals surface area contributed by atoms with Crippen LogP contribution in [-0.2, 0) is 22.3 Å². The highest BCUT2D eigenvalue weighted by Gasteiger charge is 2.31. The first kappa shape index (κ1) is 19.0. The molecule has 0 radical (unpaired) electrons. The minimum Gasteiger partial charge on any atom is -0.364 e. The number of benzene rings is 2. The molecule has 1 atom stereocenters. The predicted octanol–water partition coefficient (Wildman–Crippen LogP) is 3.88. The van der Waals surface area contributed by atoms with Crippen LogP contribution in [0.5, 0.6) is 0 Å². The van der Waals surface area contributed by atoms with E-state index >= 15 is 0 Å². The van der Waals surface area contributed by atoms with E-state index in [1.54, 1.807) is 37.3 Å². The van der Waals surface area contributed by atoms with E-state index in [2.05, 4.69) is 5.32 Å². The van der Waals surface area contributed by atoms with Crippen molar-refractivity contribution < 1.29 is 22.7 Å². The van der Waals surface area contributed by atoms with E-state index in [1.165, 1.54) is 6.07 Å². The second-order valence-electron chi connectivity index (χ2n) is 5.36. The molecular weight excluding hydrogens is 333 g/mol. The summed E-state index contributed by atoms with van der Waals surface area (Å²) in [6.07, 6.45) is -5.44. The smallest absolute Gasteiger partial charge is 0.364 e. The largest absolute Gasteiger partial charge is 0.416 e. The predicted molar refractivity (Wildman–Crippen MR) is 88.8 cm³/mol. The number of carbonyl (C=O) groups is 1. The molecule has 2 rings (SSSR count). The third kappa shape index (κ3) is 5.04. The normalized spacial score (nSPS) is 12.7. The van der Waals surface area contributed by atoms with Gasteiger partial charge in [0.2, 0.25) is 0 Å². The highest BCUT2D eigenvalue weighted by molar-refractivity contribution is 5.95. The van der Waals surface area contributed by atoms with Crippen molar-refractivity contribution in [3.8, 4) is 0 Å². The van der Waals surface area contributed by atoms with E-state index < -0.39 is 23.8 Å². The van der Waals surface area contributed by atoms with Gasteiger partial charge in [-0.05, 0) is 36.2 Å². The van der Waals surface area contributed by atoms with Crippen LogP contribution < -0.4 is 11.1 Å². The Hall–Kier alpha value is -2.38. The summed E-state index contributed by atoms with van der Waals surface area (Å²) in [6, 6.07) is 12.0. The minimum absolute atomic E-state index is 0.0286. The number of nitrogens with one attached hydrogen (secondary N) is 1. The summed E-state index contributed by atoms with van der Waals surface area (Å²) in [5.41, 5.74) is 5.52. The molecule has 0 bridgehead atoms. The number of ether oxygens (including phenoxy) is 1. The minimum atomic E-state index is -4.52. The van der Waals surface area contributed by atoms with Crippen LogP contribution in [0.1, 0.15) is 29.7 Å². The number of carbonyl (C=O) groups excluding carboxylic acids is 1. The molecule has 2 aromatic carbocycles. The number of rotatable bonds is 6. The average Bonchev–Trinajstić information content (AvgIpc) is 2.59. The zero-order valence-corrected chi connectivity index (χ0v) is 13.6. The lowest BCUT2D eigenvalue weighted by Crippen LogP contribution is -2.24. The molecule has 0 aliphatic heterocycles. The fraction of sp³-hybridized carbons (Fsp3) is 0.278. The number of hydrogen-bond acceptors (Lipinski definition) is 3. The van der Waals surface area contributed by atoms with E-state index in [4.69, 9.17) is 10.5 Å². The zero-order valence-electron chi connectivity index (χ0n) is 13.6. The number of anilines is 1. The van der Waals surface area contributed by atoms with Gasteiger partial charge in [-0.25, -0.2) is 0 Å². The van der Waals surface area contributed by atoms with Crippen LogP contribution in [0.2, 0.25) is 0 Å². The lowest BCUT2D eigenvalue weighted by molar-refractivity contribution is -0.137. The maximum absolute atomic E-state index is 13.0. The summed E-state index contributed by atoms with van der Waals surface area (Å²) in [7, 11) is 0. The van der Waals surface area contributed by atoms with Crippen molar-refractivity contribution in [1.82, 2.24) is 0 Å². The monoisotopic (exact) mass is 352 g/mol. The van der Waals surface area contributed by atoms with Gasteiger partial charge in [-0.1, -0.05) is 30.3 Å². The molecule has 3 N–H and O–H groups in total. The first-order chi connectivity index (χ1) is 11.8. The fourth-order valence-electron chi connectivity index (χ4n) is 2.37. The van der Waals surface area contributed by atoms with Crippen LogP contribution in [0, 0.1) is 0 Å². The van der Waals surface area contributed by atoms with Gasteiger partial charge < -0.3 is 15.8 Å².